The number of carbonyl (C=O) groups is 1. The molecule has 1 saturated heterocycles. The summed E-state index contributed by atoms with van der Waals surface area (Å²) in [7, 11) is 1.54. The first-order chi connectivity index (χ1) is 13.0. The summed E-state index contributed by atoms with van der Waals surface area (Å²) >= 11 is 5.85. The van der Waals surface area contributed by atoms with Gasteiger partial charge >= 0.3 is 6.03 Å². The van der Waals surface area contributed by atoms with Gasteiger partial charge in [-0.25, -0.2) is 14.2 Å². The molecule has 0 aliphatic carbocycles. The maximum atomic E-state index is 13.3. The number of nitrogens with zero attached hydrogens (tertiary/aromatic N) is 2. The van der Waals surface area contributed by atoms with E-state index in [9.17, 15) is 9.18 Å². The molecule has 2 heterocycles. The van der Waals surface area contributed by atoms with Crippen LogP contribution in [0.4, 0.5) is 14.9 Å². The lowest BCUT2D eigenvalue weighted by atomic mass is 9.91. The molecule has 0 radical (unpaired) electrons. The van der Waals surface area contributed by atoms with Crippen LogP contribution in [0.3, 0.4) is 0 Å². The number of hydrogen-bond donors (Lipinski definition) is 1. The highest BCUT2D eigenvalue weighted by molar-refractivity contribution is 6.30. The zero-order valence-corrected chi connectivity index (χ0v) is 16.0. The molecule has 2 amide bonds. The van der Waals surface area contributed by atoms with E-state index >= 15 is 0 Å². The molecular formula is C20H21ClFN3O2. The number of benzene rings is 1. The van der Waals surface area contributed by atoms with Crippen LogP contribution in [0.15, 0.2) is 42.1 Å². The number of methoxy groups -OCH3 is 1. The second-order valence-corrected chi connectivity index (χ2v) is 6.92. The van der Waals surface area contributed by atoms with Gasteiger partial charge in [0.05, 0.1) is 24.0 Å². The van der Waals surface area contributed by atoms with Crippen molar-refractivity contribution in [1.82, 2.24) is 9.88 Å². The van der Waals surface area contributed by atoms with Crippen LogP contribution < -0.4 is 10.1 Å². The summed E-state index contributed by atoms with van der Waals surface area (Å²) in [4.78, 5) is 18.4. The van der Waals surface area contributed by atoms with E-state index in [-0.39, 0.29) is 17.0 Å². The highest BCUT2D eigenvalue weighted by Gasteiger charge is 2.24. The van der Waals surface area contributed by atoms with Crippen LogP contribution in [0.5, 0.6) is 5.88 Å². The maximum absolute atomic E-state index is 13.3. The molecule has 1 fully saturated rings. The molecule has 0 saturated carbocycles. The molecule has 3 rings (SSSR count). The third-order valence-corrected chi connectivity index (χ3v) is 4.87. The van der Waals surface area contributed by atoms with Gasteiger partial charge in [-0.15, -0.1) is 0 Å². The van der Waals surface area contributed by atoms with Crippen LogP contribution in [-0.2, 0) is 0 Å². The van der Waals surface area contributed by atoms with E-state index in [1.54, 1.807) is 42.5 Å². The monoisotopic (exact) mass is 389 g/mol. The lowest BCUT2D eigenvalue weighted by Crippen LogP contribution is -2.42. The number of rotatable bonds is 3. The minimum atomic E-state index is -0.425. The summed E-state index contributed by atoms with van der Waals surface area (Å²) in [6.07, 6.45) is 4.34. The zero-order valence-electron chi connectivity index (χ0n) is 15.2. The third-order valence-electron chi connectivity index (χ3n) is 4.58. The Morgan fingerprint density at radius 1 is 1.41 bits per heavy atom. The van der Waals surface area contributed by atoms with E-state index in [1.165, 1.54) is 11.6 Å². The van der Waals surface area contributed by atoms with Crippen LogP contribution in [-0.4, -0.2) is 36.1 Å². The second kappa shape index (κ2) is 8.39. The first-order valence-corrected chi connectivity index (χ1v) is 9.05. The number of hydrogen-bond acceptors (Lipinski definition) is 3. The molecule has 1 aromatic carbocycles. The van der Waals surface area contributed by atoms with Gasteiger partial charge in [-0.3, -0.25) is 0 Å². The van der Waals surface area contributed by atoms with Crippen molar-refractivity contribution in [3.8, 4) is 5.88 Å². The van der Waals surface area contributed by atoms with Crippen LogP contribution in [0, 0.1) is 11.7 Å². The fourth-order valence-corrected chi connectivity index (χ4v) is 3.23. The van der Waals surface area contributed by atoms with Crippen LogP contribution in [0.1, 0.15) is 18.9 Å². The molecule has 1 aromatic heterocycles. The standard InChI is InChI=1S/C20H21ClFN3O2/c1-13-12-25(20(26)24-16-4-6-19(27-2)23-11-16)8-7-15(13)9-14-3-5-18(22)17(21)10-14/h3-6,9-11,13H,7-8,12H2,1-2H3,(H,24,26). The quantitative estimate of drug-likeness (QED) is 0.817. The van der Waals surface area contributed by atoms with Crippen LogP contribution in [0.2, 0.25) is 5.02 Å². The fourth-order valence-electron chi connectivity index (χ4n) is 3.04. The Kier molecular flexibility index (Phi) is 5.96. The summed E-state index contributed by atoms with van der Waals surface area (Å²) in [5, 5.41) is 2.96. The molecular weight excluding hydrogens is 369 g/mol. The van der Waals surface area contributed by atoms with Gasteiger partial charge in [0, 0.05) is 19.2 Å². The Labute approximate surface area is 162 Å². The first kappa shape index (κ1) is 19.2. The molecule has 2 aromatic rings. The number of carbonyl (C=O) groups excluding carboxylic acids is 1. The Morgan fingerprint density at radius 2 is 2.22 bits per heavy atom. The van der Waals surface area contributed by atoms with E-state index in [1.807, 2.05) is 6.08 Å². The van der Waals surface area contributed by atoms with Gasteiger partial charge < -0.3 is 15.0 Å². The Hall–Kier alpha value is -2.60. The van der Waals surface area contributed by atoms with Gasteiger partial charge in [-0.05, 0) is 36.1 Å². The minimum Gasteiger partial charge on any atom is -0.481 e. The zero-order chi connectivity index (χ0) is 19.4. The predicted octanol–water partition coefficient (Wildman–Crippen LogP) is 4.84. The molecule has 7 heteroatoms. The SMILES string of the molecule is COc1ccc(NC(=O)N2CCC(=Cc3ccc(F)c(Cl)c3)C(C)C2)cn1. The van der Waals surface area contributed by atoms with Crippen molar-refractivity contribution < 1.29 is 13.9 Å². The first-order valence-electron chi connectivity index (χ1n) is 8.67. The predicted molar refractivity (Wildman–Crippen MR) is 105 cm³/mol. The minimum absolute atomic E-state index is 0.113. The lowest BCUT2D eigenvalue weighted by Gasteiger charge is -2.33. The average Bonchev–Trinajstić information content (AvgIpc) is 2.67. The summed E-state index contributed by atoms with van der Waals surface area (Å²) in [6, 6.07) is 7.98. The van der Waals surface area contributed by atoms with E-state index in [0.717, 1.165) is 12.0 Å². The van der Waals surface area contributed by atoms with E-state index in [4.69, 9.17) is 16.3 Å². The number of nitrogens with one attached hydrogen (secondary N) is 1. The van der Waals surface area contributed by atoms with Crippen molar-refractivity contribution in [3.63, 3.8) is 0 Å². The number of halogens is 2. The molecule has 0 spiro atoms. The van der Waals surface area contributed by atoms with Crippen molar-refractivity contribution in [2.45, 2.75) is 13.3 Å². The Bertz CT molecular complexity index is 855. The van der Waals surface area contributed by atoms with Gasteiger partial charge in [0.1, 0.15) is 5.82 Å². The summed E-state index contributed by atoms with van der Waals surface area (Å²) in [5.74, 6) is 0.268. The fraction of sp³-hybridized carbons (Fsp3) is 0.300. The number of anilines is 1. The Balaban J connectivity index is 1.62. The summed E-state index contributed by atoms with van der Waals surface area (Å²) in [5.41, 5.74) is 2.70. The number of urea groups is 1. The molecule has 1 unspecified atom stereocenters. The maximum Gasteiger partial charge on any atom is 0.321 e. The largest absolute Gasteiger partial charge is 0.481 e. The van der Waals surface area contributed by atoms with E-state index < -0.39 is 5.82 Å². The van der Waals surface area contributed by atoms with Crippen LogP contribution >= 0.6 is 11.6 Å². The van der Waals surface area contributed by atoms with Crippen molar-refractivity contribution in [2.75, 3.05) is 25.5 Å². The van der Waals surface area contributed by atoms with Crippen molar-refractivity contribution in [1.29, 1.82) is 0 Å². The average molecular weight is 390 g/mol. The molecule has 0 bridgehead atoms. The smallest absolute Gasteiger partial charge is 0.321 e. The molecule has 1 atom stereocenters. The normalized spacial score (nSPS) is 18.4. The van der Waals surface area contributed by atoms with E-state index in [2.05, 4.69) is 17.2 Å². The van der Waals surface area contributed by atoms with Crippen molar-refractivity contribution >= 4 is 29.4 Å². The highest BCUT2D eigenvalue weighted by atomic mass is 35.5. The van der Waals surface area contributed by atoms with Gasteiger partial charge in [-0.2, -0.15) is 0 Å². The van der Waals surface area contributed by atoms with E-state index in [0.29, 0.717) is 24.7 Å². The number of likely N-dealkylation sites (tertiary alicyclic amines) is 1. The van der Waals surface area contributed by atoms with Crippen molar-refractivity contribution in [3.05, 3.63) is 58.5 Å². The molecule has 27 heavy (non-hydrogen) atoms. The van der Waals surface area contributed by atoms with Gasteiger partial charge in [0.15, 0.2) is 0 Å². The van der Waals surface area contributed by atoms with Gasteiger partial charge in [0.2, 0.25) is 5.88 Å². The molecule has 142 valence electrons. The lowest BCUT2D eigenvalue weighted by molar-refractivity contribution is 0.198. The number of ether oxygens (including phenoxy) is 1. The second-order valence-electron chi connectivity index (χ2n) is 6.51. The molecule has 1 aliphatic heterocycles. The number of amides is 2. The number of aromatic nitrogens is 1. The molecule has 1 N–H and O–H groups in total. The van der Waals surface area contributed by atoms with Gasteiger partial charge in [0.25, 0.3) is 0 Å². The molecule has 1 aliphatic rings. The van der Waals surface area contributed by atoms with Crippen molar-refractivity contribution in [2.24, 2.45) is 5.92 Å². The highest BCUT2D eigenvalue weighted by Crippen LogP contribution is 2.27. The number of pyridine rings is 1. The summed E-state index contributed by atoms with van der Waals surface area (Å²) < 4.78 is 18.3. The van der Waals surface area contributed by atoms with Crippen LogP contribution in [0.25, 0.3) is 6.08 Å². The summed E-state index contributed by atoms with van der Waals surface area (Å²) in [6.45, 7) is 3.29. The molecule has 5 nitrogen and oxygen atoms in total. The Morgan fingerprint density at radius 3 is 2.85 bits per heavy atom. The number of piperidine rings is 1. The third kappa shape index (κ3) is 4.77. The topological polar surface area (TPSA) is 54.5 Å². The van der Waals surface area contributed by atoms with Gasteiger partial charge in [-0.1, -0.05) is 36.2 Å².